The molecule has 2 aromatic rings. The molecule has 2 fully saturated rings. The van der Waals surface area contributed by atoms with Crippen LogP contribution in [0.5, 0.6) is 0 Å². The van der Waals surface area contributed by atoms with Crippen molar-refractivity contribution in [2.45, 2.75) is 25.4 Å². The van der Waals surface area contributed by atoms with Gasteiger partial charge in [0, 0.05) is 43.2 Å². The lowest BCUT2D eigenvalue weighted by atomic mass is 10.0. The van der Waals surface area contributed by atoms with Gasteiger partial charge < -0.3 is 25.0 Å². The molecule has 1 aromatic heterocycles. The van der Waals surface area contributed by atoms with Gasteiger partial charge in [0.25, 0.3) is 5.91 Å². The van der Waals surface area contributed by atoms with Crippen molar-refractivity contribution in [3.05, 3.63) is 47.4 Å². The first-order valence-electron chi connectivity index (χ1n) is 10.1. The lowest BCUT2D eigenvalue weighted by Crippen LogP contribution is -2.42. The summed E-state index contributed by atoms with van der Waals surface area (Å²) in [5.74, 6) is 0.0596. The highest BCUT2D eigenvalue weighted by Gasteiger charge is 2.39. The summed E-state index contributed by atoms with van der Waals surface area (Å²) in [4.78, 5) is 15.5. The summed E-state index contributed by atoms with van der Waals surface area (Å²) >= 11 is 0. The van der Waals surface area contributed by atoms with Crippen molar-refractivity contribution in [1.82, 2.24) is 15.5 Å². The van der Waals surface area contributed by atoms with E-state index in [0.29, 0.717) is 33.0 Å². The van der Waals surface area contributed by atoms with Gasteiger partial charge in [0.05, 0.1) is 42.4 Å². The number of rotatable bonds is 4. The van der Waals surface area contributed by atoms with E-state index in [-0.39, 0.29) is 11.9 Å². The molecule has 0 bridgehead atoms. The second kappa shape index (κ2) is 7.88. The number of hydrogen-bond donors (Lipinski definition) is 3. The summed E-state index contributed by atoms with van der Waals surface area (Å²) in [6.45, 7) is 3.82. The molecule has 3 N–H and O–H groups in total. The summed E-state index contributed by atoms with van der Waals surface area (Å²) in [5.41, 5.74) is 5.44. The Hall–Kier alpha value is -2.84. The molecule has 1 amide bonds. The summed E-state index contributed by atoms with van der Waals surface area (Å²) < 4.78 is 11.1. The SMILES string of the molecule is O=C1/C(=C2/COCCN2)c2cc(NCc3cc[nH]n3)ccc2N1C1CCOCC1. The van der Waals surface area contributed by atoms with Gasteiger partial charge in [0.1, 0.15) is 0 Å². The molecule has 3 aliphatic heterocycles. The van der Waals surface area contributed by atoms with E-state index in [0.717, 1.165) is 53.3 Å². The van der Waals surface area contributed by atoms with Crippen molar-refractivity contribution in [2.75, 3.05) is 43.2 Å². The highest BCUT2D eigenvalue weighted by Crippen LogP contribution is 2.42. The molecule has 0 unspecified atom stereocenters. The quantitative estimate of drug-likeness (QED) is 0.685. The minimum Gasteiger partial charge on any atom is -0.383 e. The van der Waals surface area contributed by atoms with Crippen LogP contribution >= 0.6 is 0 Å². The van der Waals surface area contributed by atoms with Crippen molar-refractivity contribution in [3.8, 4) is 0 Å². The third-order valence-corrected chi connectivity index (χ3v) is 5.68. The smallest absolute Gasteiger partial charge is 0.261 e. The Balaban J connectivity index is 1.50. The lowest BCUT2D eigenvalue weighted by Gasteiger charge is -2.31. The van der Waals surface area contributed by atoms with Crippen molar-refractivity contribution in [3.63, 3.8) is 0 Å². The number of aromatic nitrogens is 2. The number of fused-ring (bicyclic) bond motifs is 1. The number of amides is 1. The van der Waals surface area contributed by atoms with Crippen molar-refractivity contribution >= 4 is 22.9 Å². The Morgan fingerprint density at radius 1 is 1.17 bits per heavy atom. The van der Waals surface area contributed by atoms with E-state index in [1.54, 1.807) is 6.20 Å². The first-order valence-corrected chi connectivity index (χ1v) is 10.1. The van der Waals surface area contributed by atoms with Crippen LogP contribution in [-0.4, -0.2) is 55.1 Å². The van der Waals surface area contributed by atoms with Gasteiger partial charge in [0.2, 0.25) is 0 Å². The van der Waals surface area contributed by atoms with Gasteiger partial charge >= 0.3 is 0 Å². The van der Waals surface area contributed by atoms with Crippen LogP contribution in [0.1, 0.15) is 24.1 Å². The third kappa shape index (κ3) is 3.49. The maximum atomic E-state index is 13.5. The second-order valence-corrected chi connectivity index (χ2v) is 7.50. The van der Waals surface area contributed by atoms with E-state index in [2.05, 4.69) is 26.9 Å². The predicted molar refractivity (Wildman–Crippen MR) is 109 cm³/mol. The van der Waals surface area contributed by atoms with Gasteiger partial charge in [-0.2, -0.15) is 5.10 Å². The molecular formula is C21H25N5O3. The zero-order valence-corrected chi connectivity index (χ0v) is 16.2. The van der Waals surface area contributed by atoms with E-state index in [4.69, 9.17) is 9.47 Å². The number of ether oxygens (including phenoxy) is 2. The number of carbonyl (C=O) groups is 1. The van der Waals surface area contributed by atoms with Crippen LogP contribution in [0.15, 0.2) is 36.2 Å². The number of nitrogens with one attached hydrogen (secondary N) is 3. The zero-order valence-electron chi connectivity index (χ0n) is 16.2. The van der Waals surface area contributed by atoms with Crippen LogP contribution < -0.4 is 15.5 Å². The van der Waals surface area contributed by atoms with E-state index < -0.39 is 0 Å². The average molecular weight is 395 g/mol. The van der Waals surface area contributed by atoms with Gasteiger partial charge in [-0.25, -0.2) is 0 Å². The Kier molecular flexibility index (Phi) is 4.95. The molecule has 0 spiro atoms. The largest absolute Gasteiger partial charge is 0.383 e. The average Bonchev–Trinajstić information content (AvgIpc) is 3.38. The molecule has 0 aliphatic carbocycles. The monoisotopic (exact) mass is 395 g/mol. The molecule has 29 heavy (non-hydrogen) atoms. The Bertz CT molecular complexity index is 910. The van der Waals surface area contributed by atoms with Gasteiger partial charge in [-0.05, 0) is 37.1 Å². The van der Waals surface area contributed by atoms with Crippen LogP contribution in [0, 0.1) is 0 Å². The number of H-pyrrole nitrogens is 1. The Labute approximate surface area is 169 Å². The molecule has 0 atom stereocenters. The maximum absolute atomic E-state index is 13.5. The topological polar surface area (TPSA) is 91.5 Å². The fraction of sp³-hybridized carbons (Fsp3) is 0.429. The summed E-state index contributed by atoms with van der Waals surface area (Å²) in [6, 6.07) is 8.25. The van der Waals surface area contributed by atoms with E-state index in [1.807, 2.05) is 23.1 Å². The number of carbonyl (C=O) groups excluding carboxylic acids is 1. The maximum Gasteiger partial charge on any atom is 0.261 e. The number of nitrogens with zero attached hydrogens (tertiary/aromatic N) is 2. The first kappa shape index (κ1) is 18.2. The fourth-order valence-corrected chi connectivity index (χ4v) is 4.24. The molecule has 152 valence electrons. The number of hydrogen-bond acceptors (Lipinski definition) is 6. The Morgan fingerprint density at radius 2 is 2.07 bits per heavy atom. The fourth-order valence-electron chi connectivity index (χ4n) is 4.24. The molecular weight excluding hydrogens is 370 g/mol. The third-order valence-electron chi connectivity index (χ3n) is 5.68. The minimum absolute atomic E-state index is 0.0596. The van der Waals surface area contributed by atoms with Crippen molar-refractivity contribution < 1.29 is 14.3 Å². The van der Waals surface area contributed by atoms with E-state index in [9.17, 15) is 4.79 Å². The molecule has 1 aromatic carbocycles. The van der Waals surface area contributed by atoms with E-state index >= 15 is 0 Å². The molecule has 2 saturated heterocycles. The normalized spacial score (nSPS) is 22.5. The van der Waals surface area contributed by atoms with Crippen LogP contribution in [0.3, 0.4) is 0 Å². The molecule has 8 nitrogen and oxygen atoms in total. The predicted octanol–water partition coefficient (Wildman–Crippen LogP) is 1.88. The standard InChI is InChI=1S/C21H25N5O3/c27-21-20(18-13-29-10-7-22-18)17-11-14(23-12-15-3-6-24-25-15)1-2-19(17)26(21)16-4-8-28-9-5-16/h1-3,6,11,16,22-23H,4-5,7-10,12-13H2,(H,24,25)/b20-18-. The van der Waals surface area contributed by atoms with Crippen molar-refractivity contribution in [2.24, 2.45) is 0 Å². The van der Waals surface area contributed by atoms with Crippen molar-refractivity contribution in [1.29, 1.82) is 0 Å². The zero-order chi connectivity index (χ0) is 19.6. The summed E-state index contributed by atoms with van der Waals surface area (Å²) in [5, 5.41) is 13.8. The van der Waals surface area contributed by atoms with E-state index in [1.165, 1.54) is 0 Å². The van der Waals surface area contributed by atoms with Crippen LogP contribution in [0.25, 0.3) is 5.57 Å². The Morgan fingerprint density at radius 3 is 2.83 bits per heavy atom. The minimum atomic E-state index is 0.0596. The number of aromatic amines is 1. The number of morpholine rings is 1. The molecule has 0 saturated carbocycles. The molecule has 4 heterocycles. The number of benzene rings is 1. The summed E-state index contributed by atoms with van der Waals surface area (Å²) in [7, 11) is 0. The lowest BCUT2D eigenvalue weighted by molar-refractivity contribution is -0.113. The molecule has 3 aliphatic rings. The summed E-state index contributed by atoms with van der Waals surface area (Å²) in [6.07, 6.45) is 3.52. The highest BCUT2D eigenvalue weighted by atomic mass is 16.5. The van der Waals surface area contributed by atoms with Gasteiger partial charge in [0.15, 0.2) is 0 Å². The first-order chi connectivity index (χ1) is 14.3. The number of anilines is 2. The van der Waals surface area contributed by atoms with Crippen LogP contribution in [-0.2, 0) is 20.8 Å². The van der Waals surface area contributed by atoms with Gasteiger partial charge in [-0.1, -0.05) is 0 Å². The molecule has 5 rings (SSSR count). The second-order valence-electron chi connectivity index (χ2n) is 7.50. The molecule has 0 radical (unpaired) electrons. The van der Waals surface area contributed by atoms with Gasteiger partial charge in [-0.3, -0.25) is 9.89 Å². The van der Waals surface area contributed by atoms with Crippen LogP contribution in [0.4, 0.5) is 11.4 Å². The highest BCUT2D eigenvalue weighted by molar-refractivity contribution is 6.33. The van der Waals surface area contributed by atoms with Crippen LogP contribution in [0.2, 0.25) is 0 Å². The molecule has 8 heteroatoms. The van der Waals surface area contributed by atoms with Gasteiger partial charge in [-0.15, -0.1) is 0 Å².